The van der Waals surface area contributed by atoms with Gasteiger partial charge in [0.05, 0.1) is 18.7 Å². The van der Waals surface area contributed by atoms with Crippen LogP contribution in [0.2, 0.25) is 5.02 Å². The largest absolute Gasteiger partial charge is 0.507 e. The van der Waals surface area contributed by atoms with Crippen LogP contribution in [0.3, 0.4) is 0 Å². The molecule has 0 bridgehead atoms. The molecule has 1 atom stereocenters. The first-order valence-corrected chi connectivity index (χ1v) is 10.2. The molecule has 7 heteroatoms. The Balaban J connectivity index is 1.94. The van der Waals surface area contributed by atoms with Crippen LogP contribution in [0.1, 0.15) is 22.7 Å². The Labute approximate surface area is 189 Å². The van der Waals surface area contributed by atoms with Crippen LogP contribution < -0.4 is 9.64 Å². The van der Waals surface area contributed by atoms with Gasteiger partial charge in [0, 0.05) is 16.3 Å². The first kappa shape index (κ1) is 21.6. The zero-order chi connectivity index (χ0) is 23.0. The van der Waals surface area contributed by atoms with E-state index in [1.165, 1.54) is 36.3 Å². The minimum atomic E-state index is -0.912. The van der Waals surface area contributed by atoms with Crippen LogP contribution in [-0.4, -0.2) is 23.9 Å². The molecule has 0 aliphatic carbocycles. The predicted molar refractivity (Wildman–Crippen MR) is 120 cm³/mol. The van der Waals surface area contributed by atoms with E-state index in [1.54, 1.807) is 42.5 Å². The van der Waals surface area contributed by atoms with Crippen LogP contribution in [0.15, 0.2) is 72.3 Å². The molecule has 1 heterocycles. The number of benzene rings is 3. The summed E-state index contributed by atoms with van der Waals surface area (Å²) in [5.74, 6) is -1.91. The normalized spacial score (nSPS) is 17.6. The lowest BCUT2D eigenvalue weighted by molar-refractivity contribution is -0.132. The number of amides is 1. The Morgan fingerprint density at radius 3 is 2.28 bits per heavy atom. The van der Waals surface area contributed by atoms with Crippen LogP contribution in [0.5, 0.6) is 5.75 Å². The van der Waals surface area contributed by atoms with Crippen molar-refractivity contribution in [3.63, 3.8) is 0 Å². The summed E-state index contributed by atoms with van der Waals surface area (Å²) >= 11 is 6.28. The number of carbonyl (C=O) groups is 2. The lowest BCUT2D eigenvalue weighted by Crippen LogP contribution is -2.29. The van der Waals surface area contributed by atoms with E-state index < -0.39 is 23.5 Å². The lowest BCUT2D eigenvalue weighted by Gasteiger charge is -2.26. The average Bonchev–Trinajstić information content (AvgIpc) is 3.06. The predicted octanol–water partition coefficient (Wildman–Crippen LogP) is 5.42. The molecule has 1 amide bonds. The van der Waals surface area contributed by atoms with Crippen molar-refractivity contribution in [3.8, 4) is 5.75 Å². The molecule has 4 rings (SSSR count). The zero-order valence-corrected chi connectivity index (χ0v) is 18.1. The summed E-state index contributed by atoms with van der Waals surface area (Å²) in [5.41, 5.74) is 1.96. The number of halogens is 2. The molecule has 1 aliphatic heterocycles. The van der Waals surface area contributed by atoms with E-state index in [9.17, 15) is 19.1 Å². The second-order valence-electron chi connectivity index (χ2n) is 7.38. The molecule has 0 spiro atoms. The number of ketones is 1. The fraction of sp³-hybridized carbons (Fsp3) is 0.120. The SMILES string of the molecule is COc1ccc(C2/C(=C(\O)c3ccc(F)cc3)C(=O)C(=O)N2c2ccc(C)c(Cl)c2)cc1. The Bertz CT molecular complexity index is 1240. The van der Waals surface area contributed by atoms with E-state index in [0.717, 1.165) is 5.56 Å². The number of aliphatic hydroxyl groups is 1. The molecule has 3 aromatic rings. The van der Waals surface area contributed by atoms with E-state index in [-0.39, 0.29) is 16.9 Å². The highest BCUT2D eigenvalue weighted by Crippen LogP contribution is 2.43. The molecule has 0 aromatic heterocycles. The van der Waals surface area contributed by atoms with Gasteiger partial charge in [0.1, 0.15) is 17.3 Å². The molecule has 162 valence electrons. The van der Waals surface area contributed by atoms with Crippen molar-refractivity contribution in [2.24, 2.45) is 0 Å². The summed E-state index contributed by atoms with van der Waals surface area (Å²) < 4.78 is 18.6. The Hall–Kier alpha value is -3.64. The minimum absolute atomic E-state index is 0.0940. The number of nitrogens with zero attached hydrogens (tertiary/aromatic N) is 1. The summed E-state index contributed by atoms with van der Waals surface area (Å²) in [7, 11) is 1.53. The van der Waals surface area contributed by atoms with Gasteiger partial charge in [0.15, 0.2) is 0 Å². The van der Waals surface area contributed by atoms with Gasteiger partial charge in [-0.2, -0.15) is 0 Å². The number of hydrogen-bond acceptors (Lipinski definition) is 4. The maximum Gasteiger partial charge on any atom is 0.300 e. The van der Waals surface area contributed by atoms with Gasteiger partial charge < -0.3 is 9.84 Å². The lowest BCUT2D eigenvalue weighted by atomic mass is 9.95. The van der Waals surface area contributed by atoms with Crippen molar-refractivity contribution in [1.82, 2.24) is 0 Å². The van der Waals surface area contributed by atoms with Crippen molar-refractivity contribution in [1.29, 1.82) is 0 Å². The first-order valence-electron chi connectivity index (χ1n) is 9.79. The Morgan fingerprint density at radius 1 is 1.03 bits per heavy atom. The van der Waals surface area contributed by atoms with E-state index in [2.05, 4.69) is 0 Å². The standard InChI is InChI=1S/C25H19ClFNO4/c1-14-3-10-18(13-20(14)26)28-22(15-6-11-19(32-2)12-7-15)21(24(30)25(28)31)23(29)16-4-8-17(27)9-5-16/h3-13,22,29H,1-2H3/b23-21+. The summed E-state index contributed by atoms with van der Waals surface area (Å²) in [6, 6.07) is 16.0. The van der Waals surface area contributed by atoms with Gasteiger partial charge in [-0.1, -0.05) is 29.8 Å². The number of ether oxygens (including phenoxy) is 1. The third kappa shape index (κ3) is 3.74. The van der Waals surface area contributed by atoms with Crippen LogP contribution in [-0.2, 0) is 9.59 Å². The fourth-order valence-electron chi connectivity index (χ4n) is 3.70. The molecule has 1 aliphatic rings. The highest BCUT2D eigenvalue weighted by Gasteiger charge is 2.47. The summed E-state index contributed by atoms with van der Waals surface area (Å²) in [4.78, 5) is 27.5. The van der Waals surface area contributed by atoms with Gasteiger partial charge in [-0.3, -0.25) is 14.5 Å². The second kappa shape index (κ2) is 8.48. The molecule has 1 N–H and O–H groups in total. The van der Waals surface area contributed by atoms with Gasteiger partial charge in [-0.15, -0.1) is 0 Å². The van der Waals surface area contributed by atoms with Crippen molar-refractivity contribution in [3.05, 3.63) is 99.8 Å². The second-order valence-corrected chi connectivity index (χ2v) is 7.79. The fourth-order valence-corrected chi connectivity index (χ4v) is 3.87. The monoisotopic (exact) mass is 451 g/mol. The number of aryl methyl sites for hydroxylation is 1. The van der Waals surface area contributed by atoms with Crippen LogP contribution in [0.25, 0.3) is 5.76 Å². The van der Waals surface area contributed by atoms with Gasteiger partial charge in [-0.25, -0.2) is 4.39 Å². The molecule has 1 fully saturated rings. The van der Waals surface area contributed by atoms with Gasteiger partial charge in [0.25, 0.3) is 11.7 Å². The van der Waals surface area contributed by atoms with E-state index in [4.69, 9.17) is 16.3 Å². The summed E-state index contributed by atoms with van der Waals surface area (Å²) in [6.45, 7) is 1.83. The summed E-state index contributed by atoms with van der Waals surface area (Å²) in [6.07, 6.45) is 0. The molecule has 5 nitrogen and oxygen atoms in total. The van der Waals surface area contributed by atoms with Crippen molar-refractivity contribution < 1.29 is 23.8 Å². The molecular formula is C25H19ClFNO4. The molecule has 0 saturated carbocycles. The van der Waals surface area contributed by atoms with Crippen LogP contribution in [0, 0.1) is 12.7 Å². The number of Topliss-reactive ketones (excluding diaryl/α,β-unsaturated/α-hetero) is 1. The number of rotatable bonds is 4. The third-order valence-electron chi connectivity index (χ3n) is 5.43. The van der Waals surface area contributed by atoms with E-state index >= 15 is 0 Å². The van der Waals surface area contributed by atoms with Crippen molar-refractivity contribution in [2.45, 2.75) is 13.0 Å². The molecule has 1 unspecified atom stereocenters. The number of hydrogen-bond donors (Lipinski definition) is 1. The highest BCUT2D eigenvalue weighted by molar-refractivity contribution is 6.51. The first-order chi connectivity index (χ1) is 15.3. The van der Waals surface area contributed by atoms with E-state index in [1.807, 2.05) is 6.92 Å². The number of methoxy groups -OCH3 is 1. The minimum Gasteiger partial charge on any atom is -0.507 e. The van der Waals surface area contributed by atoms with Crippen molar-refractivity contribution in [2.75, 3.05) is 12.0 Å². The molecule has 32 heavy (non-hydrogen) atoms. The maximum atomic E-state index is 13.4. The topological polar surface area (TPSA) is 66.8 Å². The molecule has 1 saturated heterocycles. The Morgan fingerprint density at radius 2 is 1.69 bits per heavy atom. The van der Waals surface area contributed by atoms with Crippen molar-refractivity contribution >= 4 is 34.7 Å². The van der Waals surface area contributed by atoms with Gasteiger partial charge >= 0.3 is 0 Å². The van der Waals surface area contributed by atoms with Gasteiger partial charge in [-0.05, 0) is 66.6 Å². The smallest absolute Gasteiger partial charge is 0.300 e. The maximum absolute atomic E-state index is 13.4. The third-order valence-corrected chi connectivity index (χ3v) is 5.83. The number of aliphatic hydroxyl groups excluding tert-OH is 1. The quantitative estimate of drug-likeness (QED) is 0.326. The number of anilines is 1. The Kier molecular flexibility index (Phi) is 5.72. The zero-order valence-electron chi connectivity index (χ0n) is 17.3. The number of carbonyl (C=O) groups excluding carboxylic acids is 2. The van der Waals surface area contributed by atoms with Crippen LogP contribution in [0.4, 0.5) is 10.1 Å². The van der Waals surface area contributed by atoms with Crippen LogP contribution >= 0.6 is 11.6 Å². The van der Waals surface area contributed by atoms with Gasteiger partial charge in [0.2, 0.25) is 0 Å². The molecule has 3 aromatic carbocycles. The molecule has 0 radical (unpaired) electrons. The molecular weight excluding hydrogens is 433 g/mol. The summed E-state index contributed by atoms with van der Waals surface area (Å²) in [5, 5.41) is 11.4. The van der Waals surface area contributed by atoms with E-state index in [0.29, 0.717) is 22.0 Å². The average molecular weight is 452 g/mol. The highest BCUT2D eigenvalue weighted by atomic mass is 35.5.